The molecule has 128 valence electrons. The maximum Gasteiger partial charge on any atom is 0.451 e. The summed E-state index contributed by atoms with van der Waals surface area (Å²) in [5, 5.41) is 1.09. The number of pyridine rings is 1. The summed E-state index contributed by atoms with van der Waals surface area (Å²) in [5.41, 5.74) is 3.12. The van der Waals surface area contributed by atoms with E-state index in [-0.39, 0.29) is 0 Å². The Morgan fingerprint density at radius 3 is 2.72 bits per heavy atom. The fourth-order valence-electron chi connectivity index (χ4n) is 3.07. The molecule has 0 amide bonds. The van der Waals surface area contributed by atoms with E-state index in [0.717, 1.165) is 22.2 Å². The number of benzene rings is 1. The van der Waals surface area contributed by atoms with Crippen LogP contribution in [-0.2, 0) is 25.7 Å². The molecule has 1 aliphatic rings. The summed E-state index contributed by atoms with van der Waals surface area (Å²) in [6, 6.07) is 11.9. The molecule has 0 bridgehead atoms. The molecule has 0 atom stereocenters. The number of halogens is 3. The van der Waals surface area contributed by atoms with Crippen molar-refractivity contribution < 1.29 is 13.2 Å². The molecule has 4 nitrogen and oxygen atoms in total. The Labute approximate surface area is 142 Å². The molecular weight excluding hydrogens is 329 g/mol. The van der Waals surface area contributed by atoms with Crippen molar-refractivity contribution in [3.63, 3.8) is 0 Å². The van der Waals surface area contributed by atoms with Crippen molar-refractivity contribution in [3.8, 4) is 0 Å². The normalized spacial score (nSPS) is 15.3. The minimum atomic E-state index is -4.50. The van der Waals surface area contributed by atoms with E-state index in [1.165, 1.54) is 6.20 Å². The van der Waals surface area contributed by atoms with Crippen LogP contribution in [0.1, 0.15) is 22.8 Å². The average molecular weight is 344 g/mol. The van der Waals surface area contributed by atoms with Gasteiger partial charge < -0.3 is 0 Å². The first-order valence-corrected chi connectivity index (χ1v) is 7.98. The van der Waals surface area contributed by atoms with Crippen LogP contribution in [0.2, 0.25) is 0 Å². The van der Waals surface area contributed by atoms with Crippen molar-refractivity contribution in [3.05, 3.63) is 65.4 Å². The van der Waals surface area contributed by atoms with Crippen LogP contribution < -0.4 is 0 Å². The van der Waals surface area contributed by atoms with Gasteiger partial charge in [0.05, 0.1) is 16.9 Å². The minimum Gasteiger partial charge on any atom is -0.293 e. The summed E-state index contributed by atoms with van der Waals surface area (Å²) in [7, 11) is 0. The van der Waals surface area contributed by atoms with E-state index in [1.807, 2.05) is 36.4 Å². The van der Waals surface area contributed by atoms with Gasteiger partial charge >= 0.3 is 6.18 Å². The Kier molecular flexibility index (Phi) is 3.88. The predicted octanol–water partition coefficient (Wildman–Crippen LogP) is 3.60. The van der Waals surface area contributed by atoms with Gasteiger partial charge in [0, 0.05) is 43.2 Å². The number of rotatable bonds is 2. The van der Waals surface area contributed by atoms with Gasteiger partial charge in [0.15, 0.2) is 0 Å². The third kappa shape index (κ3) is 3.32. The molecule has 3 heterocycles. The Morgan fingerprint density at radius 2 is 1.88 bits per heavy atom. The highest BCUT2D eigenvalue weighted by Crippen LogP contribution is 2.28. The van der Waals surface area contributed by atoms with Gasteiger partial charge in [0.1, 0.15) is 0 Å². The standard InChI is InChI=1S/C18H15F3N4/c19-18(20,21)17-22-9-13-10-25(8-7-16(13)24-17)11-14-6-5-12-3-1-2-4-15(12)23-14/h1-6,9H,7-8,10-11H2. The first kappa shape index (κ1) is 16.0. The SMILES string of the molecule is FC(F)(F)c1ncc2c(n1)CCN(Cc1ccc3ccccc3n1)C2. The third-order valence-electron chi connectivity index (χ3n) is 4.31. The summed E-state index contributed by atoms with van der Waals surface area (Å²) in [6.07, 6.45) is -2.72. The van der Waals surface area contributed by atoms with Crippen LogP contribution in [0, 0.1) is 0 Å². The van der Waals surface area contributed by atoms with Gasteiger partial charge in [-0.3, -0.25) is 9.88 Å². The van der Waals surface area contributed by atoms with E-state index in [0.29, 0.717) is 31.7 Å². The smallest absolute Gasteiger partial charge is 0.293 e. The number of fused-ring (bicyclic) bond motifs is 2. The van der Waals surface area contributed by atoms with Crippen LogP contribution in [0.3, 0.4) is 0 Å². The molecule has 0 spiro atoms. The molecule has 0 aliphatic carbocycles. The van der Waals surface area contributed by atoms with Crippen LogP contribution in [0.5, 0.6) is 0 Å². The Balaban J connectivity index is 1.52. The topological polar surface area (TPSA) is 41.9 Å². The molecule has 0 radical (unpaired) electrons. The second kappa shape index (κ2) is 6.07. The molecule has 25 heavy (non-hydrogen) atoms. The lowest BCUT2D eigenvalue weighted by Gasteiger charge is -2.27. The molecule has 0 N–H and O–H groups in total. The molecule has 0 saturated carbocycles. The number of nitrogens with zero attached hydrogens (tertiary/aromatic N) is 4. The monoisotopic (exact) mass is 344 g/mol. The fraction of sp³-hybridized carbons (Fsp3) is 0.278. The van der Waals surface area contributed by atoms with Gasteiger partial charge in [-0.2, -0.15) is 13.2 Å². The number of alkyl halides is 3. The molecule has 3 aromatic rings. The van der Waals surface area contributed by atoms with Crippen LogP contribution in [0.15, 0.2) is 42.6 Å². The fourth-order valence-corrected chi connectivity index (χ4v) is 3.07. The first-order chi connectivity index (χ1) is 12.0. The van der Waals surface area contributed by atoms with Gasteiger partial charge in [-0.05, 0) is 12.1 Å². The van der Waals surface area contributed by atoms with Crippen molar-refractivity contribution in [2.24, 2.45) is 0 Å². The van der Waals surface area contributed by atoms with Gasteiger partial charge in [-0.25, -0.2) is 9.97 Å². The molecule has 1 aliphatic heterocycles. The van der Waals surface area contributed by atoms with E-state index in [4.69, 9.17) is 0 Å². The van der Waals surface area contributed by atoms with Crippen LogP contribution in [-0.4, -0.2) is 26.4 Å². The quantitative estimate of drug-likeness (QED) is 0.712. The molecule has 7 heteroatoms. The zero-order valence-corrected chi connectivity index (χ0v) is 13.3. The lowest BCUT2D eigenvalue weighted by Crippen LogP contribution is -2.31. The molecule has 1 aromatic carbocycles. The number of hydrogen-bond acceptors (Lipinski definition) is 4. The molecular formula is C18H15F3N4. The van der Waals surface area contributed by atoms with E-state index in [1.54, 1.807) is 0 Å². The molecule has 0 fully saturated rings. The minimum absolute atomic E-state index is 0.481. The van der Waals surface area contributed by atoms with Crippen LogP contribution in [0.4, 0.5) is 13.2 Å². The molecule has 2 aromatic heterocycles. The number of aromatic nitrogens is 3. The van der Waals surface area contributed by atoms with Gasteiger partial charge in [-0.1, -0.05) is 24.3 Å². The van der Waals surface area contributed by atoms with Gasteiger partial charge in [0.2, 0.25) is 5.82 Å². The summed E-state index contributed by atoms with van der Waals surface area (Å²) in [6.45, 7) is 1.82. The van der Waals surface area contributed by atoms with Crippen molar-refractivity contribution in [1.82, 2.24) is 19.9 Å². The lowest BCUT2D eigenvalue weighted by atomic mass is 10.1. The highest BCUT2D eigenvalue weighted by molar-refractivity contribution is 5.78. The Morgan fingerprint density at radius 1 is 1.04 bits per heavy atom. The maximum atomic E-state index is 12.7. The number of para-hydroxylation sites is 1. The Bertz CT molecular complexity index is 924. The Hall–Kier alpha value is -2.54. The summed E-state index contributed by atoms with van der Waals surface area (Å²) >= 11 is 0. The van der Waals surface area contributed by atoms with E-state index < -0.39 is 12.0 Å². The van der Waals surface area contributed by atoms with Crippen molar-refractivity contribution in [2.45, 2.75) is 25.7 Å². The van der Waals surface area contributed by atoms with Crippen LogP contribution in [0.25, 0.3) is 10.9 Å². The molecule has 4 rings (SSSR count). The second-order valence-corrected chi connectivity index (χ2v) is 6.12. The third-order valence-corrected chi connectivity index (χ3v) is 4.31. The molecule has 0 unspecified atom stereocenters. The van der Waals surface area contributed by atoms with Crippen LogP contribution >= 0.6 is 0 Å². The predicted molar refractivity (Wildman–Crippen MR) is 86.6 cm³/mol. The van der Waals surface area contributed by atoms with E-state index in [9.17, 15) is 13.2 Å². The lowest BCUT2D eigenvalue weighted by molar-refractivity contribution is -0.145. The summed E-state index contributed by atoms with van der Waals surface area (Å²) < 4.78 is 38.1. The highest BCUT2D eigenvalue weighted by atomic mass is 19.4. The second-order valence-electron chi connectivity index (χ2n) is 6.12. The summed E-state index contributed by atoms with van der Waals surface area (Å²) in [5.74, 6) is -1.06. The maximum absolute atomic E-state index is 12.7. The van der Waals surface area contributed by atoms with E-state index >= 15 is 0 Å². The molecule has 0 saturated heterocycles. The summed E-state index contributed by atoms with van der Waals surface area (Å²) in [4.78, 5) is 14.0. The first-order valence-electron chi connectivity index (χ1n) is 7.98. The average Bonchev–Trinajstić information content (AvgIpc) is 2.60. The van der Waals surface area contributed by atoms with Crippen molar-refractivity contribution in [1.29, 1.82) is 0 Å². The zero-order valence-electron chi connectivity index (χ0n) is 13.3. The number of hydrogen-bond donors (Lipinski definition) is 0. The highest BCUT2D eigenvalue weighted by Gasteiger charge is 2.35. The largest absolute Gasteiger partial charge is 0.451 e. The van der Waals surface area contributed by atoms with Gasteiger partial charge in [0.25, 0.3) is 0 Å². The van der Waals surface area contributed by atoms with E-state index in [2.05, 4.69) is 19.9 Å². The van der Waals surface area contributed by atoms with Crippen molar-refractivity contribution in [2.75, 3.05) is 6.54 Å². The zero-order chi connectivity index (χ0) is 17.4. The van der Waals surface area contributed by atoms with Gasteiger partial charge in [-0.15, -0.1) is 0 Å². The van der Waals surface area contributed by atoms with Crippen molar-refractivity contribution >= 4 is 10.9 Å².